The summed E-state index contributed by atoms with van der Waals surface area (Å²) < 4.78 is 20.9. The van der Waals surface area contributed by atoms with E-state index >= 15 is 0 Å². The fourth-order valence-corrected chi connectivity index (χ4v) is 5.70. The van der Waals surface area contributed by atoms with Crippen LogP contribution in [0.15, 0.2) is 72.8 Å². The average Bonchev–Trinajstić information content (AvgIpc) is 3.63. The molecule has 2 fully saturated rings. The molecule has 42 heavy (non-hydrogen) atoms. The van der Waals surface area contributed by atoms with Gasteiger partial charge in [0.05, 0.1) is 5.69 Å². The van der Waals surface area contributed by atoms with Gasteiger partial charge in [0.25, 0.3) is 11.8 Å². The summed E-state index contributed by atoms with van der Waals surface area (Å²) in [5, 5.41) is 5.25. The number of urea groups is 1. The van der Waals surface area contributed by atoms with Crippen LogP contribution in [-0.4, -0.2) is 59.3 Å². The fourth-order valence-electron chi connectivity index (χ4n) is 5.25. The summed E-state index contributed by atoms with van der Waals surface area (Å²) in [7, 11) is 0. The molecule has 2 saturated heterocycles. The molecule has 5 amide bonds. The smallest absolute Gasteiger partial charge is 0.325 e. The Labute approximate surface area is 256 Å². The average molecular weight is 685 g/mol. The molecule has 3 aromatic carbocycles. The van der Waals surface area contributed by atoms with Gasteiger partial charge in [0.1, 0.15) is 23.7 Å². The van der Waals surface area contributed by atoms with E-state index in [0.717, 1.165) is 36.4 Å². The van der Waals surface area contributed by atoms with Crippen LogP contribution >= 0.6 is 22.6 Å². The Bertz CT molecular complexity index is 1480. The third-order valence-corrected chi connectivity index (χ3v) is 8.21. The van der Waals surface area contributed by atoms with Crippen LogP contribution < -0.4 is 15.4 Å². The number of hydrogen-bond acceptors (Lipinski definition) is 5. The van der Waals surface area contributed by atoms with Gasteiger partial charge in [-0.25, -0.2) is 14.1 Å². The first-order chi connectivity index (χ1) is 20.2. The van der Waals surface area contributed by atoms with E-state index in [9.17, 15) is 23.6 Å². The lowest BCUT2D eigenvalue weighted by Crippen LogP contribution is -2.50. The Hall–Kier alpha value is -4.00. The van der Waals surface area contributed by atoms with E-state index in [1.807, 2.05) is 28.7 Å². The maximum Gasteiger partial charge on any atom is 0.325 e. The molecule has 0 bridgehead atoms. The minimum Gasteiger partial charge on any atom is -0.484 e. The van der Waals surface area contributed by atoms with Crippen LogP contribution in [-0.2, 0) is 14.4 Å². The van der Waals surface area contributed by atoms with E-state index in [4.69, 9.17) is 4.74 Å². The maximum atomic E-state index is 14.6. The third-order valence-electron chi connectivity index (χ3n) is 7.54. The van der Waals surface area contributed by atoms with Crippen LogP contribution in [0.25, 0.3) is 0 Å². The van der Waals surface area contributed by atoms with E-state index in [1.165, 1.54) is 12.1 Å². The molecule has 0 aromatic heterocycles. The van der Waals surface area contributed by atoms with Crippen molar-refractivity contribution in [3.8, 4) is 5.75 Å². The molecule has 5 rings (SSSR count). The first-order valence-electron chi connectivity index (χ1n) is 13.7. The van der Waals surface area contributed by atoms with Gasteiger partial charge in [0.2, 0.25) is 5.91 Å². The van der Waals surface area contributed by atoms with Gasteiger partial charge in [-0.3, -0.25) is 14.4 Å². The highest BCUT2D eigenvalue weighted by Gasteiger charge is 2.47. The number of imide groups is 1. The summed E-state index contributed by atoms with van der Waals surface area (Å²) in [5.41, 5.74) is 1.17. The molecule has 2 aliphatic heterocycles. The lowest BCUT2D eigenvalue weighted by molar-refractivity contribution is -0.134. The van der Waals surface area contributed by atoms with Gasteiger partial charge in [-0.1, -0.05) is 49.4 Å². The standard InChI is InChI=1S/C31H30FIN4O5/c1-19(20-7-3-2-4-8-20)28(29(39)34-25-14-11-22(33)17-24(25)32)37-30(40)27(35-31(37)41)21-9-12-23(13-10-21)42-18-26(38)36-15-5-6-16-36/h2-4,7-14,17,19,27-28H,5-6,15-16,18H2,1H3,(H,34,39)(H,35,41)/t19?,27-,28?/m1/s1. The van der Waals surface area contributed by atoms with Crippen molar-refractivity contribution in [2.75, 3.05) is 25.0 Å². The van der Waals surface area contributed by atoms with Gasteiger partial charge < -0.3 is 20.3 Å². The Morgan fingerprint density at radius 2 is 1.74 bits per heavy atom. The Morgan fingerprint density at radius 3 is 2.40 bits per heavy atom. The summed E-state index contributed by atoms with van der Waals surface area (Å²) in [4.78, 5) is 55.6. The van der Waals surface area contributed by atoms with Crippen LogP contribution in [0.3, 0.4) is 0 Å². The zero-order chi connectivity index (χ0) is 29.8. The van der Waals surface area contributed by atoms with E-state index in [1.54, 1.807) is 66.4 Å². The van der Waals surface area contributed by atoms with E-state index in [2.05, 4.69) is 10.6 Å². The molecule has 11 heteroatoms. The minimum atomic E-state index is -1.26. The van der Waals surface area contributed by atoms with Gasteiger partial charge >= 0.3 is 6.03 Å². The van der Waals surface area contributed by atoms with Crippen LogP contribution in [0.1, 0.15) is 42.9 Å². The first-order valence-corrected chi connectivity index (χ1v) is 14.8. The Morgan fingerprint density at radius 1 is 1.05 bits per heavy atom. The van der Waals surface area contributed by atoms with Gasteiger partial charge in [0, 0.05) is 22.6 Å². The van der Waals surface area contributed by atoms with Crippen LogP contribution in [0.5, 0.6) is 5.75 Å². The number of carbonyl (C=O) groups is 4. The van der Waals surface area contributed by atoms with Crippen molar-refractivity contribution >= 4 is 52.0 Å². The molecule has 3 aromatic rings. The zero-order valence-corrected chi connectivity index (χ0v) is 25.0. The molecule has 0 radical (unpaired) electrons. The molecule has 2 unspecified atom stereocenters. The van der Waals surface area contributed by atoms with Gasteiger partial charge in [0.15, 0.2) is 6.61 Å². The summed E-state index contributed by atoms with van der Waals surface area (Å²) in [6.45, 7) is 3.14. The lowest BCUT2D eigenvalue weighted by Gasteiger charge is -2.30. The van der Waals surface area contributed by atoms with E-state index in [-0.39, 0.29) is 18.2 Å². The highest BCUT2D eigenvalue weighted by molar-refractivity contribution is 14.1. The first kappa shape index (κ1) is 29.5. The van der Waals surface area contributed by atoms with Crippen molar-refractivity contribution in [1.29, 1.82) is 0 Å². The highest BCUT2D eigenvalue weighted by atomic mass is 127. The van der Waals surface area contributed by atoms with E-state index < -0.39 is 41.7 Å². The molecule has 218 valence electrons. The second kappa shape index (κ2) is 12.9. The molecular formula is C31H30FIN4O5. The minimum absolute atomic E-state index is 0.0481. The number of benzene rings is 3. The number of anilines is 1. The number of rotatable bonds is 9. The molecule has 0 spiro atoms. The van der Waals surface area contributed by atoms with Crippen LogP contribution in [0.2, 0.25) is 0 Å². The van der Waals surface area contributed by atoms with Gasteiger partial charge in [-0.2, -0.15) is 0 Å². The molecule has 0 saturated carbocycles. The van der Waals surface area contributed by atoms with Crippen molar-refractivity contribution in [3.63, 3.8) is 0 Å². The Kier molecular flexibility index (Phi) is 9.05. The van der Waals surface area contributed by atoms with Crippen molar-refractivity contribution < 1.29 is 28.3 Å². The Balaban J connectivity index is 1.35. The van der Waals surface area contributed by atoms with Crippen molar-refractivity contribution in [2.45, 2.75) is 37.8 Å². The molecule has 0 aliphatic carbocycles. The SMILES string of the molecule is CC(c1ccccc1)C(C(=O)Nc1ccc(I)cc1F)N1C(=O)N[C@H](c2ccc(OCC(=O)N3CCCC3)cc2)C1=O. The number of carbonyl (C=O) groups excluding carboxylic acids is 4. The summed E-state index contributed by atoms with van der Waals surface area (Å²) >= 11 is 1.97. The van der Waals surface area contributed by atoms with Crippen molar-refractivity contribution in [3.05, 3.63) is 93.3 Å². The van der Waals surface area contributed by atoms with Gasteiger partial charge in [-0.15, -0.1) is 0 Å². The van der Waals surface area contributed by atoms with E-state index in [0.29, 0.717) is 14.9 Å². The second-order valence-electron chi connectivity index (χ2n) is 10.3. The highest BCUT2D eigenvalue weighted by Crippen LogP contribution is 2.32. The van der Waals surface area contributed by atoms with Crippen LogP contribution in [0, 0.1) is 9.39 Å². The lowest BCUT2D eigenvalue weighted by atomic mass is 9.91. The summed E-state index contributed by atoms with van der Waals surface area (Å²) in [5.74, 6) is -2.15. The van der Waals surface area contributed by atoms with Gasteiger partial charge in [-0.05, 0) is 76.9 Å². The zero-order valence-electron chi connectivity index (χ0n) is 22.9. The number of hydrogen-bond donors (Lipinski definition) is 2. The number of amides is 5. The number of ether oxygens (including phenoxy) is 1. The third kappa shape index (κ3) is 6.40. The molecular weight excluding hydrogens is 654 g/mol. The molecule has 2 heterocycles. The maximum absolute atomic E-state index is 14.6. The number of nitrogens with one attached hydrogen (secondary N) is 2. The van der Waals surface area contributed by atoms with Crippen molar-refractivity contribution in [2.24, 2.45) is 0 Å². The fraction of sp³-hybridized carbons (Fsp3) is 0.290. The molecule has 9 nitrogen and oxygen atoms in total. The monoisotopic (exact) mass is 684 g/mol. The van der Waals surface area contributed by atoms with Crippen molar-refractivity contribution in [1.82, 2.24) is 15.1 Å². The summed E-state index contributed by atoms with van der Waals surface area (Å²) in [6, 6.07) is 16.9. The topological polar surface area (TPSA) is 108 Å². The predicted octanol–water partition coefficient (Wildman–Crippen LogP) is 4.84. The molecule has 3 atom stereocenters. The number of nitrogens with zero attached hydrogens (tertiary/aromatic N) is 2. The quantitative estimate of drug-likeness (QED) is 0.248. The number of halogens is 2. The predicted molar refractivity (Wildman–Crippen MR) is 162 cm³/mol. The normalized spacial score (nSPS) is 18.0. The summed E-state index contributed by atoms with van der Waals surface area (Å²) in [6.07, 6.45) is 1.99. The molecule has 2 aliphatic rings. The second-order valence-corrected chi connectivity index (χ2v) is 11.5. The molecule has 2 N–H and O–H groups in total. The van der Waals surface area contributed by atoms with Crippen LogP contribution in [0.4, 0.5) is 14.9 Å². The largest absolute Gasteiger partial charge is 0.484 e. The number of likely N-dealkylation sites (tertiary alicyclic amines) is 1.